The number of benzene rings is 2. The minimum atomic E-state index is -0.841. The van der Waals surface area contributed by atoms with Gasteiger partial charge in [0.25, 0.3) is 0 Å². The van der Waals surface area contributed by atoms with Gasteiger partial charge >= 0.3 is 5.69 Å². The second-order valence-corrected chi connectivity index (χ2v) is 8.20. The van der Waals surface area contributed by atoms with Crippen LogP contribution in [0.4, 0.5) is 15.9 Å². The van der Waals surface area contributed by atoms with Gasteiger partial charge in [-0.2, -0.15) is 4.98 Å². The molecule has 2 aliphatic heterocycles. The van der Waals surface area contributed by atoms with E-state index in [0.29, 0.717) is 29.1 Å². The summed E-state index contributed by atoms with van der Waals surface area (Å²) in [6.07, 6.45) is 3.13. The number of methoxy groups -OCH3 is 1. The highest BCUT2D eigenvalue weighted by atomic mass is 35.5. The summed E-state index contributed by atoms with van der Waals surface area (Å²) in [4.78, 5) is 21.7. The molecule has 11 heteroatoms. The lowest BCUT2D eigenvalue weighted by molar-refractivity contribution is 0.163. The maximum Gasteiger partial charge on any atom is 0.354 e. The molecule has 32 heavy (non-hydrogen) atoms. The van der Waals surface area contributed by atoms with Crippen LogP contribution < -0.4 is 25.8 Å². The Bertz CT molecular complexity index is 1320. The van der Waals surface area contributed by atoms with Crippen LogP contribution in [0.3, 0.4) is 0 Å². The predicted molar refractivity (Wildman–Crippen MR) is 122 cm³/mol. The lowest BCUT2D eigenvalue weighted by Crippen LogP contribution is -2.37. The van der Waals surface area contributed by atoms with Crippen molar-refractivity contribution >= 4 is 51.9 Å². The molecule has 166 valence electrons. The summed E-state index contributed by atoms with van der Waals surface area (Å²) in [7, 11) is 1.52. The van der Waals surface area contributed by atoms with Crippen LogP contribution in [0.2, 0.25) is 10.0 Å². The number of nitrogens with zero attached hydrogens (tertiary/aromatic N) is 3. The molecule has 8 nitrogen and oxygen atoms in total. The van der Waals surface area contributed by atoms with Gasteiger partial charge in [0.1, 0.15) is 11.6 Å². The van der Waals surface area contributed by atoms with Gasteiger partial charge in [-0.1, -0.05) is 23.2 Å². The molecule has 0 saturated carbocycles. The van der Waals surface area contributed by atoms with Gasteiger partial charge < -0.3 is 20.1 Å². The van der Waals surface area contributed by atoms with E-state index in [1.54, 1.807) is 6.07 Å². The molecule has 2 aromatic carbocycles. The maximum absolute atomic E-state index is 14.9. The zero-order chi connectivity index (χ0) is 22.4. The molecule has 2 aliphatic rings. The third kappa shape index (κ3) is 3.37. The molecule has 1 aromatic heterocycles. The average Bonchev–Trinajstić information content (AvgIpc) is 2.80. The largest absolute Gasteiger partial charge is 0.493 e. The Labute approximate surface area is 192 Å². The molecule has 3 heterocycles. The molecule has 2 N–H and O–H groups in total. The fraction of sp³-hybridized carbons (Fsp3) is 0.286. The fourth-order valence-electron chi connectivity index (χ4n) is 3.96. The molecule has 0 amide bonds. The van der Waals surface area contributed by atoms with E-state index >= 15 is 0 Å². The molecule has 1 saturated heterocycles. The zero-order valence-electron chi connectivity index (χ0n) is 16.9. The van der Waals surface area contributed by atoms with E-state index in [2.05, 4.69) is 20.6 Å². The van der Waals surface area contributed by atoms with Crippen molar-refractivity contribution in [2.24, 2.45) is 4.99 Å². The van der Waals surface area contributed by atoms with Crippen molar-refractivity contribution in [3.8, 4) is 17.2 Å². The molecule has 0 aliphatic carbocycles. The first-order valence-corrected chi connectivity index (χ1v) is 10.7. The van der Waals surface area contributed by atoms with Crippen molar-refractivity contribution in [3.63, 3.8) is 0 Å². The smallest absolute Gasteiger partial charge is 0.354 e. The Kier molecular flexibility index (Phi) is 5.40. The number of aliphatic imine (C=N–C) groups is 1. The van der Waals surface area contributed by atoms with Crippen LogP contribution in [0.5, 0.6) is 11.5 Å². The van der Waals surface area contributed by atoms with Crippen LogP contribution in [0.25, 0.3) is 16.6 Å². The quantitative estimate of drug-likeness (QED) is 0.550. The molecule has 0 bridgehead atoms. The number of halogens is 3. The van der Waals surface area contributed by atoms with Crippen molar-refractivity contribution < 1.29 is 13.9 Å². The van der Waals surface area contributed by atoms with E-state index < -0.39 is 11.5 Å². The van der Waals surface area contributed by atoms with E-state index in [-0.39, 0.29) is 33.2 Å². The van der Waals surface area contributed by atoms with Crippen LogP contribution in [0, 0.1) is 5.82 Å². The van der Waals surface area contributed by atoms with E-state index in [4.69, 9.17) is 32.7 Å². The number of anilines is 1. The van der Waals surface area contributed by atoms with Crippen LogP contribution >= 0.6 is 23.2 Å². The summed E-state index contributed by atoms with van der Waals surface area (Å²) in [5, 5.41) is 6.57. The van der Waals surface area contributed by atoms with Gasteiger partial charge in [0.2, 0.25) is 0 Å². The highest BCUT2D eigenvalue weighted by Crippen LogP contribution is 2.45. The molecule has 5 rings (SSSR count). The molecule has 1 atom stereocenters. The summed E-state index contributed by atoms with van der Waals surface area (Å²) in [5.41, 5.74) is 0.0342. The van der Waals surface area contributed by atoms with Gasteiger partial charge in [0, 0.05) is 12.6 Å². The van der Waals surface area contributed by atoms with Crippen LogP contribution in [-0.2, 0) is 0 Å². The number of rotatable bonds is 4. The van der Waals surface area contributed by atoms with Crippen LogP contribution in [0.15, 0.2) is 28.0 Å². The van der Waals surface area contributed by atoms with Gasteiger partial charge in [-0.05, 0) is 31.5 Å². The number of hydrogen-bond acceptors (Lipinski definition) is 7. The Morgan fingerprint density at radius 1 is 1.31 bits per heavy atom. The third-order valence-corrected chi connectivity index (χ3v) is 6.25. The highest BCUT2D eigenvalue weighted by molar-refractivity contribution is 6.42. The topological polar surface area (TPSA) is 89.8 Å². The van der Waals surface area contributed by atoms with Crippen LogP contribution in [0.1, 0.15) is 12.8 Å². The van der Waals surface area contributed by atoms with Crippen molar-refractivity contribution in [3.05, 3.63) is 44.5 Å². The van der Waals surface area contributed by atoms with E-state index in [1.165, 1.54) is 25.6 Å². The SMILES string of the molecule is COc1cc2c3c(n(-c4ccc(Cl)c(Cl)c4F)c(=O)nc3c1OC1CCCNC1)N=CN2. The van der Waals surface area contributed by atoms with Gasteiger partial charge in [-0.3, -0.25) is 0 Å². The van der Waals surface area contributed by atoms with Crippen LogP contribution in [-0.4, -0.2) is 42.2 Å². The zero-order valence-corrected chi connectivity index (χ0v) is 18.4. The summed E-state index contributed by atoms with van der Waals surface area (Å²) < 4.78 is 27.8. The normalized spacial score (nSPS) is 17.3. The minimum absolute atomic E-state index is 0.0377. The number of aromatic nitrogens is 2. The molecule has 0 spiro atoms. The van der Waals surface area contributed by atoms with Gasteiger partial charge in [-0.25, -0.2) is 18.7 Å². The molecule has 1 fully saturated rings. The third-order valence-electron chi connectivity index (χ3n) is 5.47. The second kappa shape index (κ2) is 8.23. The first kappa shape index (κ1) is 21.0. The molecule has 1 unspecified atom stereocenters. The number of piperidine rings is 1. The molecule has 0 radical (unpaired) electrons. The number of hydrogen-bond donors (Lipinski definition) is 2. The maximum atomic E-state index is 14.9. The van der Waals surface area contributed by atoms with Gasteiger partial charge in [0.15, 0.2) is 23.1 Å². The summed E-state index contributed by atoms with van der Waals surface area (Å²) in [5.74, 6) is 0.128. The van der Waals surface area contributed by atoms with Crippen molar-refractivity contribution in [2.75, 3.05) is 25.5 Å². The Morgan fingerprint density at radius 2 is 2.16 bits per heavy atom. The summed E-state index contributed by atoms with van der Waals surface area (Å²) in [6, 6.07) is 4.51. The van der Waals surface area contributed by atoms with E-state index in [0.717, 1.165) is 24.0 Å². The fourth-order valence-corrected chi connectivity index (χ4v) is 4.27. The van der Waals surface area contributed by atoms with Gasteiger partial charge in [0.05, 0.1) is 40.3 Å². The number of ether oxygens (including phenoxy) is 2. The molecular formula is C21H18Cl2FN5O3. The minimum Gasteiger partial charge on any atom is -0.493 e. The summed E-state index contributed by atoms with van der Waals surface area (Å²) >= 11 is 11.9. The Hall–Kier alpha value is -2.88. The highest BCUT2D eigenvalue weighted by Gasteiger charge is 2.27. The number of nitrogens with one attached hydrogen (secondary N) is 2. The lowest BCUT2D eigenvalue weighted by Gasteiger charge is -2.26. The molecule has 3 aromatic rings. The lowest BCUT2D eigenvalue weighted by atomic mass is 10.1. The first-order valence-electron chi connectivity index (χ1n) is 9.97. The Morgan fingerprint density at radius 3 is 2.91 bits per heavy atom. The second-order valence-electron chi connectivity index (χ2n) is 7.42. The van der Waals surface area contributed by atoms with Crippen molar-refractivity contribution in [1.82, 2.24) is 14.9 Å². The first-order chi connectivity index (χ1) is 15.5. The van der Waals surface area contributed by atoms with Crippen molar-refractivity contribution in [2.45, 2.75) is 18.9 Å². The van der Waals surface area contributed by atoms with Gasteiger partial charge in [-0.15, -0.1) is 0 Å². The summed E-state index contributed by atoms with van der Waals surface area (Å²) in [6.45, 7) is 1.60. The Balaban J connectivity index is 1.78. The molecular weight excluding hydrogens is 460 g/mol. The van der Waals surface area contributed by atoms with E-state index in [9.17, 15) is 9.18 Å². The van der Waals surface area contributed by atoms with Crippen molar-refractivity contribution in [1.29, 1.82) is 0 Å². The monoisotopic (exact) mass is 477 g/mol. The average molecular weight is 478 g/mol. The predicted octanol–water partition coefficient (Wildman–Crippen LogP) is 4.06. The van der Waals surface area contributed by atoms with E-state index in [1.807, 2.05) is 0 Å². The standard InChI is InChI=1S/C21H18Cl2FN5O3/c1-31-14-7-12-15-18(19(14)32-10-3-2-6-25-8-10)28-21(30)29(20(15)27-9-26-12)13-5-4-11(22)16(23)17(13)24/h4-5,7,9-10,25H,2-3,6,8H2,1H3,(H,26,27).